The van der Waals surface area contributed by atoms with Gasteiger partial charge < -0.3 is 14.6 Å². The number of methoxy groups -OCH3 is 1. The molecule has 0 atom stereocenters. The predicted molar refractivity (Wildman–Crippen MR) is 81.5 cm³/mol. The Bertz CT molecular complexity index is 699. The smallest absolute Gasteiger partial charge is 0.186 e. The van der Waals surface area contributed by atoms with Crippen molar-refractivity contribution in [1.29, 1.82) is 0 Å². The van der Waals surface area contributed by atoms with E-state index in [2.05, 4.69) is 0 Å². The second kappa shape index (κ2) is 7.22. The number of carbonyl (C=O) groups excluding carboxylic acids is 2. The van der Waals surface area contributed by atoms with E-state index in [0.29, 0.717) is 11.1 Å². The summed E-state index contributed by atoms with van der Waals surface area (Å²) in [5, 5.41) is 10.7. The van der Waals surface area contributed by atoms with Gasteiger partial charge in [0.2, 0.25) is 0 Å². The topological polar surface area (TPSA) is 66.4 Å². The Balaban J connectivity index is 2.17. The van der Waals surface area contributed by atoms with E-state index in [1.54, 1.807) is 49.6 Å². The highest BCUT2D eigenvalue weighted by atomic mass is 16.5. The van der Waals surface area contributed by atoms with Crippen molar-refractivity contribution < 1.29 is 19.4 Å². The molecular formula is C18H15O4-. The van der Waals surface area contributed by atoms with Gasteiger partial charge in [0.15, 0.2) is 5.78 Å². The van der Waals surface area contributed by atoms with Crippen LogP contribution in [0.25, 0.3) is 6.08 Å². The molecule has 112 valence electrons. The molecule has 0 aliphatic carbocycles. The number of hydrogen-bond donors (Lipinski definition) is 0. The Morgan fingerprint density at radius 2 is 1.77 bits per heavy atom. The minimum absolute atomic E-state index is 0.243. The summed E-state index contributed by atoms with van der Waals surface area (Å²) in [7, 11) is 1.59. The Labute approximate surface area is 128 Å². The first-order valence-corrected chi connectivity index (χ1v) is 6.74. The van der Waals surface area contributed by atoms with Crippen LogP contribution in [-0.2, 0) is 11.2 Å². The van der Waals surface area contributed by atoms with Crippen LogP contribution in [0.5, 0.6) is 5.75 Å². The minimum atomic E-state index is -1.21. The summed E-state index contributed by atoms with van der Waals surface area (Å²) >= 11 is 0. The number of carboxylic acid groups (broad SMARTS) is 1. The summed E-state index contributed by atoms with van der Waals surface area (Å²) in [5.74, 6) is -0.713. The van der Waals surface area contributed by atoms with Gasteiger partial charge in [0.05, 0.1) is 7.11 Å². The van der Waals surface area contributed by atoms with E-state index in [4.69, 9.17) is 4.74 Å². The zero-order valence-corrected chi connectivity index (χ0v) is 12.1. The minimum Gasteiger partial charge on any atom is -0.550 e. The van der Waals surface area contributed by atoms with Crippen LogP contribution in [0.2, 0.25) is 0 Å². The third kappa shape index (κ3) is 4.06. The van der Waals surface area contributed by atoms with Gasteiger partial charge in [0.25, 0.3) is 0 Å². The number of ketones is 1. The van der Waals surface area contributed by atoms with Crippen LogP contribution in [0, 0.1) is 0 Å². The molecule has 0 aromatic heterocycles. The maximum atomic E-state index is 12.2. The lowest BCUT2D eigenvalue weighted by Crippen LogP contribution is -2.25. The number of rotatable bonds is 6. The van der Waals surface area contributed by atoms with Crippen molar-refractivity contribution >= 4 is 17.8 Å². The zero-order valence-electron chi connectivity index (χ0n) is 12.1. The number of allylic oxidation sites excluding steroid dienone is 1. The van der Waals surface area contributed by atoms with Gasteiger partial charge in [0.1, 0.15) is 5.75 Å². The summed E-state index contributed by atoms with van der Waals surface area (Å²) in [6.45, 7) is 0. The molecule has 2 aromatic rings. The Hall–Kier alpha value is -2.88. The highest BCUT2D eigenvalue weighted by Gasteiger charge is 2.08. The lowest BCUT2D eigenvalue weighted by atomic mass is 10.0. The molecule has 0 amide bonds. The lowest BCUT2D eigenvalue weighted by molar-refractivity contribution is -0.304. The van der Waals surface area contributed by atoms with Crippen LogP contribution in [0.3, 0.4) is 0 Å². The van der Waals surface area contributed by atoms with Gasteiger partial charge in [-0.25, -0.2) is 0 Å². The highest BCUT2D eigenvalue weighted by Crippen LogP contribution is 2.14. The van der Waals surface area contributed by atoms with Gasteiger partial charge >= 0.3 is 0 Å². The number of ether oxygens (including phenoxy) is 1. The van der Waals surface area contributed by atoms with Crippen LogP contribution >= 0.6 is 0 Å². The normalized spacial score (nSPS) is 10.6. The van der Waals surface area contributed by atoms with Crippen LogP contribution < -0.4 is 9.84 Å². The number of carbonyl (C=O) groups is 2. The molecule has 22 heavy (non-hydrogen) atoms. The molecule has 0 heterocycles. The van der Waals surface area contributed by atoms with Crippen LogP contribution in [0.4, 0.5) is 0 Å². The quantitative estimate of drug-likeness (QED) is 0.603. The van der Waals surface area contributed by atoms with Gasteiger partial charge in [-0.1, -0.05) is 42.5 Å². The van der Waals surface area contributed by atoms with Crippen molar-refractivity contribution in [3.05, 3.63) is 71.3 Å². The first-order valence-electron chi connectivity index (χ1n) is 6.74. The van der Waals surface area contributed by atoms with Gasteiger partial charge in [-0.3, -0.25) is 4.79 Å². The van der Waals surface area contributed by atoms with Crippen LogP contribution in [0.15, 0.2) is 54.6 Å². The molecule has 0 spiro atoms. The van der Waals surface area contributed by atoms with E-state index in [1.165, 1.54) is 6.08 Å². The molecule has 0 bridgehead atoms. The summed E-state index contributed by atoms with van der Waals surface area (Å²) in [6, 6.07) is 13.9. The number of benzene rings is 2. The number of aliphatic carboxylic acids is 1. The van der Waals surface area contributed by atoms with Crippen molar-refractivity contribution in [2.75, 3.05) is 7.11 Å². The zero-order chi connectivity index (χ0) is 15.9. The van der Waals surface area contributed by atoms with Gasteiger partial charge in [-0.2, -0.15) is 0 Å². The van der Waals surface area contributed by atoms with Gasteiger partial charge in [-0.15, -0.1) is 0 Å². The molecule has 0 aliphatic heterocycles. The van der Waals surface area contributed by atoms with Gasteiger partial charge in [0, 0.05) is 18.0 Å². The first-order chi connectivity index (χ1) is 10.6. The van der Waals surface area contributed by atoms with Crippen molar-refractivity contribution in [2.45, 2.75) is 6.42 Å². The van der Waals surface area contributed by atoms with Crippen molar-refractivity contribution in [2.24, 2.45) is 0 Å². The van der Waals surface area contributed by atoms with Crippen LogP contribution in [-0.4, -0.2) is 18.9 Å². The standard InChI is InChI=1S/C18H16O4/c1-22-15-9-6-13(7-10-15)8-11-17(19)16-5-3-2-4-14(16)12-18(20)21/h2-11H,12H2,1H3,(H,20,21)/p-1. The molecule has 0 aliphatic rings. The van der Waals surface area contributed by atoms with Crippen LogP contribution in [0.1, 0.15) is 21.5 Å². The average molecular weight is 295 g/mol. The van der Waals surface area contributed by atoms with E-state index < -0.39 is 5.97 Å². The largest absolute Gasteiger partial charge is 0.550 e. The summed E-state index contributed by atoms with van der Waals surface area (Å²) < 4.78 is 5.06. The average Bonchev–Trinajstić information content (AvgIpc) is 2.53. The SMILES string of the molecule is COc1ccc(C=CC(=O)c2ccccc2CC(=O)[O-])cc1. The molecular weight excluding hydrogens is 280 g/mol. The van der Waals surface area contributed by atoms with E-state index in [1.807, 2.05) is 12.1 Å². The maximum Gasteiger partial charge on any atom is 0.186 e. The fourth-order valence-corrected chi connectivity index (χ4v) is 2.05. The van der Waals surface area contributed by atoms with Crippen molar-refractivity contribution in [3.63, 3.8) is 0 Å². The maximum absolute atomic E-state index is 12.2. The van der Waals surface area contributed by atoms with E-state index in [0.717, 1.165) is 11.3 Å². The number of carboxylic acids is 1. The molecule has 0 radical (unpaired) electrons. The second-order valence-corrected chi connectivity index (χ2v) is 4.68. The Morgan fingerprint density at radius 1 is 1.09 bits per heavy atom. The van der Waals surface area contributed by atoms with E-state index >= 15 is 0 Å². The van der Waals surface area contributed by atoms with E-state index in [9.17, 15) is 14.7 Å². The molecule has 0 N–H and O–H groups in total. The fourth-order valence-electron chi connectivity index (χ4n) is 2.05. The predicted octanol–water partition coefficient (Wildman–Crippen LogP) is 1.88. The third-order valence-corrected chi connectivity index (χ3v) is 3.16. The molecule has 0 saturated carbocycles. The van der Waals surface area contributed by atoms with Gasteiger partial charge in [-0.05, 0) is 29.3 Å². The van der Waals surface area contributed by atoms with Crippen molar-refractivity contribution in [1.82, 2.24) is 0 Å². The first kappa shape index (κ1) is 15.5. The molecule has 4 heteroatoms. The molecule has 0 unspecified atom stereocenters. The third-order valence-electron chi connectivity index (χ3n) is 3.16. The Kier molecular flexibility index (Phi) is 5.09. The van der Waals surface area contributed by atoms with E-state index in [-0.39, 0.29) is 12.2 Å². The summed E-state index contributed by atoms with van der Waals surface area (Å²) in [6.07, 6.45) is 2.83. The molecule has 2 rings (SSSR count). The van der Waals surface area contributed by atoms with Crippen molar-refractivity contribution in [3.8, 4) is 5.75 Å². The lowest BCUT2D eigenvalue weighted by Gasteiger charge is -2.07. The monoisotopic (exact) mass is 295 g/mol. The summed E-state index contributed by atoms with van der Waals surface area (Å²) in [4.78, 5) is 22.9. The number of hydrogen-bond acceptors (Lipinski definition) is 4. The molecule has 4 nitrogen and oxygen atoms in total. The Morgan fingerprint density at radius 3 is 2.41 bits per heavy atom. The molecule has 2 aromatic carbocycles. The second-order valence-electron chi connectivity index (χ2n) is 4.68. The summed E-state index contributed by atoms with van der Waals surface area (Å²) in [5.41, 5.74) is 1.68. The fraction of sp³-hybridized carbons (Fsp3) is 0.111. The molecule has 0 fully saturated rings. The highest BCUT2D eigenvalue weighted by molar-refractivity contribution is 6.08. The molecule has 0 saturated heterocycles.